The molecule has 10 heteroatoms. The highest BCUT2D eigenvalue weighted by Crippen LogP contribution is 2.25. The summed E-state index contributed by atoms with van der Waals surface area (Å²) in [6.45, 7) is 4.68. The van der Waals surface area contributed by atoms with Crippen LogP contribution in [-0.2, 0) is 24.4 Å². The molecule has 0 spiro atoms. The molecule has 1 aromatic carbocycles. The number of carbonyl (C=O) groups excluding carboxylic acids is 2. The SMILES string of the molecule is CC(=O)Nc1ccc(S(=O)(=O)NC(C)C(=O)N2CCC(C(=O)O)C2C)cc1. The van der Waals surface area contributed by atoms with Crippen LogP contribution in [-0.4, -0.2) is 54.8 Å². The topological polar surface area (TPSA) is 133 Å². The molecule has 3 unspecified atom stereocenters. The zero-order chi connectivity index (χ0) is 20.4. The third-order valence-corrected chi connectivity index (χ3v) is 6.10. The lowest BCUT2D eigenvalue weighted by atomic mass is 10.0. The van der Waals surface area contributed by atoms with Gasteiger partial charge in [0.15, 0.2) is 0 Å². The second-order valence-electron chi connectivity index (χ2n) is 6.55. The molecule has 148 valence electrons. The molecule has 0 aliphatic carbocycles. The highest BCUT2D eigenvalue weighted by molar-refractivity contribution is 7.89. The van der Waals surface area contributed by atoms with Gasteiger partial charge in [-0.15, -0.1) is 0 Å². The maximum Gasteiger partial charge on any atom is 0.308 e. The fourth-order valence-electron chi connectivity index (χ4n) is 3.10. The van der Waals surface area contributed by atoms with Crippen LogP contribution < -0.4 is 10.0 Å². The average molecular weight is 397 g/mol. The van der Waals surface area contributed by atoms with Gasteiger partial charge in [-0.1, -0.05) is 0 Å². The predicted molar refractivity (Wildman–Crippen MR) is 97.4 cm³/mol. The molecule has 2 amide bonds. The van der Waals surface area contributed by atoms with Gasteiger partial charge in [-0.05, 0) is 44.5 Å². The number of carboxylic acids is 1. The standard InChI is InChI=1S/C17H23N3O6S/c1-10(16(22)20-9-8-15(11(20)2)17(23)24)19-27(25,26)14-6-4-13(5-7-14)18-12(3)21/h4-7,10-11,15,19H,8-9H2,1-3H3,(H,18,21)(H,23,24). The summed E-state index contributed by atoms with van der Waals surface area (Å²) in [6.07, 6.45) is 0.340. The first kappa shape index (κ1) is 20.8. The second-order valence-corrected chi connectivity index (χ2v) is 8.27. The molecule has 1 saturated heterocycles. The molecule has 1 aliphatic heterocycles. The van der Waals surface area contributed by atoms with E-state index in [-0.39, 0.29) is 17.3 Å². The summed E-state index contributed by atoms with van der Waals surface area (Å²) in [5.41, 5.74) is 0.455. The zero-order valence-corrected chi connectivity index (χ0v) is 16.1. The second kappa shape index (κ2) is 8.05. The Hall–Kier alpha value is -2.46. The third kappa shape index (κ3) is 4.83. The number of rotatable bonds is 6. The van der Waals surface area contributed by atoms with E-state index in [4.69, 9.17) is 5.11 Å². The number of amides is 2. The van der Waals surface area contributed by atoms with Crippen LogP contribution in [0.2, 0.25) is 0 Å². The maximum atomic E-state index is 12.6. The Balaban J connectivity index is 2.07. The Bertz CT molecular complexity index is 837. The summed E-state index contributed by atoms with van der Waals surface area (Å²) in [6, 6.07) is 4.00. The van der Waals surface area contributed by atoms with E-state index in [0.717, 1.165) is 0 Å². The maximum absolute atomic E-state index is 12.6. The van der Waals surface area contributed by atoms with Crippen LogP contribution in [0.25, 0.3) is 0 Å². The molecule has 2 rings (SSSR count). The van der Waals surface area contributed by atoms with E-state index in [2.05, 4.69) is 10.0 Å². The molecule has 3 atom stereocenters. The van der Waals surface area contributed by atoms with Crippen LogP contribution in [0.5, 0.6) is 0 Å². The van der Waals surface area contributed by atoms with E-state index >= 15 is 0 Å². The van der Waals surface area contributed by atoms with E-state index < -0.39 is 39.9 Å². The summed E-state index contributed by atoms with van der Waals surface area (Å²) in [5, 5.41) is 11.7. The van der Waals surface area contributed by atoms with Gasteiger partial charge in [0.2, 0.25) is 21.8 Å². The Labute approximate surface area is 157 Å². The molecule has 1 aromatic rings. The number of carboxylic acid groups (broad SMARTS) is 1. The number of nitrogens with zero attached hydrogens (tertiary/aromatic N) is 1. The van der Waals surface area contributed by atoms with Gasteiger partial charge in [-0.2, -0.15) is 4.72 Å². The molecule has 0 bridgehead atoms. The Morgan fingerprint density at radius 3 is 2.30 bits per heavy atom. The average Bonchev–Trinajstić information content (AvgIpc) is 2.95. The monoisotopic (exact) mass is 397 g/mol. The number of anilines is 1. The summed E-state index contributed by atoms with van der Waals surface area (Å²) in [5.74, 6) is -2.36. The summed E-state index contributed by atoms with van der Waals surface area (Å²) in [7, 11) is -3.95. The van der Waals surface area contributed by atoms with Crippen molar-refractivity contribution in [3.05, 3.63) is 24.3 Å². The molecule has 0 radical (unpaired) electrons. The Morgan fingerprint density at radius 2 is 1.81 bits per heavy atom. The Kier molecular flexibility index (Phi) is 6.22. The van der Waals surface area contributed by atoms with Crippen molar-refractivity contribution in [1.29, 1.82) is 0 Å². The lowest BCUT2D eigenvalue weighted by molar-refractivity contribution is -0.143. The van der Waals surface area contributed by atoms with Gasteiger partial charge >= 0.3 is 5.97 Å². The molecular weight excluding hydrogens is 374 g/mol. The van der Waals surface area contributed by atoms with Crippen molar-refractivity contribution in [2.75, 3.05) is 11.9 Å². The third-order valence-electron chi connectivity index (χ3n) is 4.54. The van der Waals surface area contributed by atoms with Crippen molar-refractivity contribution >= 4 is 33.5 Å². The largest absolute Gasteiger partial charge is 0.481 e. The smallest absolute Gasteiger partial charge is 0.308 e. The van der Waals surface area contributed by atoms with Crippen molar-refractivity contribution in [1.82, 2.24) is 9.62 Å². The zero-order valence-electron chi connectivity index (χ0n) is 15.3. The van der Waals surface area contributed by atoms with Crippen molar-refractivity contribution in [2.24, 2.45) is 5.92 Å². The number of likely N-dealkylation sites (tertiary alicyclic amines) is 1. The van der Waals surface area contributed by atoms with Crippen molar-refractivity contribution < 1.29 is 27.9 Å². The molecule has 27 heavy (non-hydrogen) atoms. The lowest BCUT2D eigenvalue weighted by Gasteiger charge is -2.26. The van der Waals surface area contributed by atoms with E-state index in [9.17, 15) is 22.8 Å². The number of nitrogens with one attached hydrogen (secondary N) is 2. The molecule has 0 saturated carbocycles. The van der Waals surface area contributed by atoms with Gasteiger partial charge in [-0.3, -0.25) is 14.4 Å². The van der Waals surface area contributed by atoms with Crippen molar-refractivity contribution in [2.45, 2.75) is 44.2 Å². The molecule has 1 heterocycles. The number of sulfonamides is 1. The first-order valence-corrected chi connectivity index (χ1v) is 9.94. The Morgan fingerprint density at radius 1 is 1.22 bits per heavy atom. The number of hydrogen-bond donors (Lipinski definition) is 3. The summed E-state index contributed by atoms with van der Waals surface area (Å²) in [4.78, 5) is 36.1. The first-order valence-electron chi connectivity index (χ1n) is 8.46. The highest BCUT2D eigenvalue weighted by atomic mass is 32.2. The number of aliphatic carboxylic acids is 1. The van der Waals surface area contributed by atoms with Crippen LogP contribution in [0.3, 0.4) is 0 Å². The van der Waals surface area contributed by atoms with Gasteiger partial charge in [-0.25, -0.2) is 8.42 Å². The van der Waals surface area contributed by atoms with Crippen LogP contribution in [0, 0.1) is 5.92 Å². The van der Waals surface area contributed by atoms with Gasteiger partial charge in [0.05, 0.1) is 16.9 Å². The van der Waals surface area contributed by atoms with Gasteiger partial charge in [0.1, 0.15) is 0 Å². The van der Waals surface area contributed by atoms with Gasteiger partial charge in [0, 0.05) is 25.2 Å². The molecule has 3 N–H and O–H groups in total. The van der Waals surface area contributed by atoms with E-state index in [1.807, 2.05) is 0 Å². The molecular formula is C17H23N3O6S. The minimum atomic E-state index is -3.95. The minimum Gasteiger partial charge on any atom is -0.481 e. The highest BCUT2D eigenvalue weighted by Gasteiger charge is 2.40. The minimum absolute atomic E-state index is 0.0471. The van der Waals surface area contributed by atoms with Crippen LogP contribution in [0.4, 0.5) is 5.69 Å². The van der Waals surface area contributed by atoms with Gasteiger partial charge < -0.3 is 15.3 Å². The van der Waals surface area contributed by atoms with Gasteiger partial charge in [0.25, 0.3) is 0 Å². The quantitative estimate of drug-likeness (QED) is 0.645. The van der Waals surface area contributed by atoms with Crippen LogP contribution in [0.1, 0.15) is 27.2 Å². The van der Waals surface area contributed by atoms with E-state index in [1.165, 1.54) is 43.0 Å². The van der Waals surface area contributed by atoms with Crippen LogP contribution >= 0.6 is 0 Å². The molecule has 1 fully saturated rings. The van der Waals surface area contributed by atoms with Crippen molar-refractivity contribution in [3.8, 4) is 0 Å². The molecule has 0 aromatic heterocycles. The van der Waals surface area contributed by atoms with Crippen LogP contribution in [0.15, 0.2) is 29.2 Å². The summed E-state index contributed by atoms with van der Waals surface area (Å²) >= 11 is 0. The number of benzene rings is 1. The normalized spacial score (nSPS) is 20.9. The fourth-order valence-corrected chi connectivity index (χ4v) is 4.30. The molecule has 9 nitrogen and oxygen atoms in total. The number of carbonyl (C=O) groups is 3. The first-order chi connectivity index (χ1) is 12.5. The fraction of sp³-hybridized carbons (Fsp3) is 0.471. The lowest BCUT2D eigenvalue weighted by Crippen LogP contribution is -2.49. The summed E-state index contributed by atoms with van der Waals surface area (Å²) < 4.78 is 27.3. The number of hydrogen-bond acceptors (Lipinski definition) is 5. The molecule has 1 aliphatic rings. The van der Waals surface area contributed by atoms with E-state index in [0.29, 0.717) is 12.1 Å². The predicted octanol–water partition coefficient (Wildman–Crippen LogP) is 0.633. The van der Waals surface area contributed by atoms with E-state index in [1.54, 1.807) is 6.92 Å². The van der Waals surface area contributed by atoms with Crippen molar-refractivity contribution in [3.63, 3.8) is 0 Å².